The van der Waals surface area contributed by atoms with E-state index in [1.165, 1.54) is 37.1 Å². The molecule has 1 aliphatic carbocycles. The van der Waals surface area contributed by atoms with E-state index in [4.69, 9.17) is 0 Å². The maximum atomic E-state index is 3.49. The number of rotatable bonds is 7. The lowest BCUT2D eigenvalue weighted by molar-refractivity contribution is 0.321. The Hall–Kier alpha value is -1.02. The van der Waals surface area contributed by atoms with Gasteiger partial charge in [-0.05, 0) is 48.9 Å². The molecule has 0 heterocycles. The second-order valence-electron chi connectivity index (χ2n) is 6.37. The lowest BCUT2D eigenvalue weighted by Gasteiger charge is -2.31. The number of hydrogen-bond donors (Lipinski definition) is 1. The lowest BCUT2D eigenvalue weighted by Crippen LogP contribution is -2.29. The summed E-state index contributed by atoms with van der Waals surface area (Å²) in [5.74, 6) is 1.64. The zero-order valence-electron chi connectivity index (χ0n) is 12.7. The van der Waals surface area contributed by atoms with Gasteiger partial charge in [-0.15, -0.1) is 0 Å². The third-order valence-corrected chi connectivity index (χ3v) is 4.02. The van der Waals surface area contributed by atoms with Crippen molar-refractivity contribution < 1.29 is 0 Å². The van der Waals surface area contributed by atoms with Crippen LogP contribution < -0.4 is 10.2 Å². The molecule has 0 unspecified atom stereocenters. The van der Waals surface area contributed by atoms with Crippen molar-refractivity contribution in [2.75, 3.05) is 25.0 Å². The summed E-state index contributed by atoms with van der Waals surface area (Å²) >= 11 is 0. The molecule has 0 radical (unpaired) electrons. The van der Waals surface area contributed by atoms with Crippen molar-refractivity contribution in [3.05, 3.63) is 29.8 Å². The normalized spacial score (nSPS) is 15.6. The van der Waals surface area contributed by atoms with Crippen LogP contribution in [-0.2, 0) is 6.54 Å². The van der Waals surface area contributed by atoms with Crippen LogP contribution >= 0.6 is 0 Å². The number of nitrogens with one attached hydrogen (secondary N) is 1. The van der Waals surface area contributed by atoms with Gasteiger partial charge in [0, 0.05) is 25.8 Å². The van der Waals surface area contributed by atoms with Crippen LogP contribution in [0.3, 0.4) is 0 Å². The molecule has 2 heteroatoms. The van der Waals surface area contributed by atoms with Crippen LogP contribution in [0.25, 0.3) is 0 Å². The molecule has 19 heavy (non-hydrogen) atoms. The van der Waals surface area contributed by atoms with Crippen LogP contribution in [0, 0.1) is 11.8 Å². The van der Waals surface area contributed by atoms with Crippen molar-refractivity contribution in [1.82, 2.24) is 5.32 Å². The fourth-order valence-corrected chi connectivity index (χ4v) is 2.54. The van der Waals surface area contributed by atoms with Crippen LogP contribution in [-0.4, -0.2) is 20.1 Å². The molecule has 1 aliphatic rings. The van der Waals surface area contributed by atoms with Crippen LogP contribution in [0.5, 0.6) is 0 Å². The molecule has 2 nitrogen and oxygen atoms in total. The standard InChI is InChI=1S/C17H28N2/c1-14(2)11-18-12-15-7-9-17(10-8-15)19(3)13-16-5-4-6-16/h7-10,14,16,18H,4-6,11-13H2,1-3H3. The minimum Gasteiger partial charge on any atom is -0.374 e. The second-order valence-corrected chi connectivity index (χ2v) is 6.37. The monoisotopic (exact) mass is 260 g/mol. The Morgan fingerprint density at radius 2 is 1.89 bits per heavy atom. The van der Waals surface area contributed by atoms with Gasteiger partial charge in [-0.1, -0.05) is 32.4 Å². The van der Waals surface area contributed by atoms with Gasteiger partial charge in [-0.2, -0.15) is 0 Å². The van der Waals surface area contributed by atoms with Crippen molar-refractivity contribution in [3.63, 3.8) is 0 Å². The van der Waals surface area contributed by atoms with Gasteiger partial charge in [0.1, 0.15) is 0 Å². The minimum absolute atomic E-state index is 0.716. The minimum atomic E-state index is 0.716. The molecular formula is C17H28N2. The molecular weight excluding hydrogens is 232 g/mol. The molecule has 0 spiro atoms. The lowest BCUT2D eigenvalue weighted by atomic mass is 9.85. The van der Waals surface area contributed by atoms with E-state index in [0.29, 0.717) is 5.92 Å². The average molecular weight is 260 g/mol. The molecule has 0 aromatic heterocycles. The molecule has 1 N–H and O–H groups in total. The van der Waals surface area contributed by atoms with Crippen molar-refractivity contribution >= 4 is 5.69 Å². The summed E-state index contributed by atoms with van der Waals surface area (Å²) in [7, 11) is 2.21. The van der Waals surface area contributed by atoms with Crippen molar-refractivity contribution in [2.24, 2.45) is 11.8 Å². The number of anilines is 1. The van der Waals surface area contributed by atoms with E-state index in [-0.39, 0.29) is 0 Å². The maximum Gasteiger partial charge on any atom is 0.0363 e. The smallest absolute Gasteiger partial charge is 0.0363 e. The van der Waals surface area contributed by atoms with E-state index < -0.39 is 0 Å². The Labute approximate surface area is 118 Å². The van der Waals surface area contributed by atoms with Crippen LogP contribution in [0.2, 0.25) is 0 Å². The summed E-state index contributed by atoms with van der Waals surface area (Å²) in [5.41, 5.74) is 2.72. The molecule has 0 atom stereocenters. The van der Waals surface area contributed by atoms with Gasteiger partial charge in [0.2, 0.25) is 0 Å². The molecule has 0 amide bonds. The van der Waals surface area contributed by atoms with Gasteiger partial charge in [0.15, 0.2) is 0 Å². The van der Waals surface area contributed by atoms with Gasteiger partial charge in [0.05, 0.1) is 0 Å². The molecule has 106 valence electrons. The molecule has 1 saturated carbocycles. The molecule has 0 aliphatic heterocycles. The first-order chi connectivity index (χ1) is 9.15. The average Bonchev–Trinajstić information content (AvgIpc) is 2.34. The summed E-state index contributed by atoms with van der Waals surface area (Å²) < 4.78 is 0. The number of hydrogen-bond acceptors (Lipinski definition) is 2. The first-order valence-corrected chi connectivity index (χ1v) is 7.66. The predicted octanol–water partition coefficient (Wildman–Crippen LogP) is 3.67. The first kappa shape index (κ1) is 14.4. The van der Waals surface area contributed by atoms with E-state index >= 15 is 0 Å². The highest BCUT2D eigenvalue weighted by molar-refractivity contribution is 5.46. The highest BCUT2D eigenvalue weighted by Gasteiger charge is 2.19. The van der Waals surface area contributed by atoms with Gasteiger partial charge in [-0.25, -0.2) is 0 Å². The van der Waals surface area contributed by atoms with Crippen LogP contribution in [0.15, 0.2) is 24.3 Å². The molecule has 0 bridgehead atoms. The zero-order chi connectivity index (χ0) is 13.7. The van der Waals surface area contributed by atoms with E-state index in [0.717, 1.165) is 19.0 Å². The van der Waals surface area contributed by atoms with Crippen molar-refractivity contribution in [1.29, 1.82) is 0 Å². The largest absolute Gasteiger partial charge is 0.374 e. The van der Waals surface area contributed by atoms with E-state index in [1.807, 2.05) is 0 Å². The summed E-state index contributed by atoms with van der Waals surface area (Å²) in [6.07, 6.45) is 4.27. The number of nitrogens with zero attached hydrogens (tertiary/aromatic N) is 1. The van der Waals surface area contributed by atoms with Crippen LogP contribution in [0.4, 0.5) is 5.69 Å². The van der Waals surface area contributed by atoms with E-state index in [1.54, 1.807) is 0 Å². The molecule has 1 aromatic rings. The fraction of sp³-hybridized carbons (Fsp3) is 0.647. The molecule has 2 rings (SSSR count). The maximum absolute atomic E-state index is 3.49. The Bertz CT molecular complexity index is 365. The fourth-order valence-electron chi connectivity index (χ4n) is 2.54. The summed E-state index contributed by atoms with van der Waals surface area (Å²) in [6, 6.07) is 9.01. The van der Waals surface area contributed by atoms with E-state index in [9.17, 15) is 0 Å². The first-order valence-electron chi connectivity index (χ1n) is 7.66. The predicted molar refractivity (Wildman–Crippen MR) is 83.6 cm³/mol. The summed E-state index contributed by atoms with van der Waals surface area (Å²) in [6.45, 7) is 7.76. The SMILES string of the molecule is CC(C)CNCc1ccc(N(C)CC2CCC2)cc1. The Morgan fingerprint density at radius 1 is 1.21 bits per heavy atom. The second kappa shape index (κ2) is 6.95. The van der Waals surface area contributed by atoms with Gasteiger partial charge >= 0.3 is 0 Å². The van der Waals surface area contributed by atoms with Gasteiger partial charge in [-0.3, -0.25) is 0 Å². The Balaban J connectivity index is 1.79. The Morgan fingerprint density at radius 3 is 2.42 bits per heavy atom. The Kier molecular flexibility index (Phi) is 5.26. The quantitative estimate of drug-likeness (QED) is 0.804. The topological polar surface area (TPSA) is 15.3 Å². The highest BCUT2D eigenvalue weighted by atomic mass is 15.1. The van der Waals surface area contributed by atoms with Gasteiger partial charge < -0.3 is 10.2 Å². The van der Waals surface area contributed by atoms with E-state index in [2.05, 4.69) is 55.4 Å². The van der Waals surface area contributed by atoms with Gasteiger partial charge in [0.25, 0.3) is 0 Å². The molecule has 1 fully saturated rings. The summed E-state index contributed by atoms with van der Waals surface area (Å²) in [5, 5.41) is 3.49. The van der Waals surface area contributed by atoms with Crippen LogP contribution in [0.1, 0.15) is 38.7 Å². The van der Waals surface area contributed by atoms with Crippen molar-refractivity contribution in [3.8, 4) is 0 Å². The summed E-state index contributed by atoms with van der Waals surface area (Å²) in [4.78, 5) is 2.40. The molecule has 0 saturated heterocycles. The number of benzene rings is 1. The molecule has 1 aromatic carbocycles. The third-order valence-electron chi connectivity index (χ3n) is 4.02. The van der Waals surface area contributed by atoms with Crippen molar-refractivity contribution in [2.45, 2.75) is 39.7 Å². The highest BCUT2D eigenvalue weighted by Crippen LogP contribution is 2.28. The zero-order valence-corrected chi connectivity index (χ0v) is 12.7. The third kappa shape index (κ3) is 4.54.